The fourth-order valence-corrected chi connectivity index (χ4v) is 5.90. The molecule has 24 heteroatoms. The van der Waals surface area contributed by atoms with Crippen LogP contribution in [-0.4, -0.2) is 62.5 Å². The molecule has 1 unspecified atom stereocenters. The maximum absolute atomic E-state index is 13.1. The monoisotopic (exact) mass is 767 g/mol. The van der Waals surface area contributed by atoms with Crippen LogP contribution in [0.3, 0.4) is 0 Å². The number of hydrogen-bond acceptors (Lipinski definition) is 16. The number of aromatic carboxylic acids is 1. The number of azo groups is 1. The molecule has 49 heavy (non-hydrogen) atoms. The van der Waals surface area contributed by atoms with Gasteiger partial charge in [-0.05, 0) is 60.5 Å². The number of carboxylic acid groups (broad SMARTS) is 1. The molecule has 0 fully saturated rings. The zero-order valence-corrected chi connectivity index (χ0v) is 36.9. The molecule has 1 amide bonds. The van der Waals surface area contributed by atoms with Crippen LogP contribution in [0.2, 0.25) is 0 Å². The van der Waals surface area contributed by atoms with Gasteiger partial charge in [-0.3, -0.25) is 4.79 Å². The number of hydrazone groups is 1. The number of benzene rings is 3. The third-order valence-corrected chi connectivity index (χ3v) is 8.73. The van der Waals surface area contributed by atoms with Crippen molar-refractivity contribution in [1.82, 2.24) is 0 Å². The molecular weight excluding hydrogens is 750 g/mol. The van der Waals surface area contributed by atoms with Gasteiger partial charge in [0.2, 0.25) is 0 Å². The van der Waals surface area contributed by atoms with Crippen LogP contribution in [-0.2, 0) is 35.1 Å². The van der Waals surface area contributed by atoms with Crippen LogP contribution in [0.15, 0.2) is 84.6 Å². The molecule has 3 aromatic carbocycles. The SMILES string of the molecule is CC1=NN(c2ccc(/C=C/c3ccc(N)cc3S(=O)(=O)[O-])c(S(=O)(=O)[O-])c2)C(=O)C1N=Nc1ccc(S(=O)(=O)[O-])cc1C(=O)[O-].[Na+].[Na+].[Na+].[Na+]. The van der Waals surface area contributed by atoms with Crippen molar-refractivity contribution in [1.29, 1.82) is 0 Å². The van der Waals surface area contributed by atoms with E-state index in [1.165, 1.54) is 25.1 Å². The summed E-state index contributed by atoms with van der Waals surface area (Å²) in [5.41, 5.74) is 3.68. The first-order valence-electron chi connectivity index (χ1n) is 12.0. The van der Waals surface area contributed by atoms with Gasteiger partial charge in [0.25, 0.3) is 5.91 Å². The van der Waals surface area contributed by atoms with E-state index < -0.39 is 74.2 Å². The molecule has 1 aliphatic rings. The molecule has 0 spiro atoms. The molecule has 17 nitrogen and oxygen atoms in total. The molecule has 1 heterocycles. The summed E-state index contributed by atoms with van der Waals surface area (Å²) in [6, 6.07) is 7.23. The summed E-state index contributed by atoms with van der Waals surface area (Å²) in [7, 11) is -15.2. The molecule has 2 N–H and O–H groups in total. The molecular formula is C25H17N5Na4O12S3. The normalized spacial score (nSPS) is 14.8. The van der Waals surface area contributed by atoms with Crippen LogP contribution in [0, 0.1) is 0 Å². The van der Waals surface area contributed by atoms with Crippen LogP contribution in [0.5, 0.6) is 0 Å². The van der Waals surface area contributed by atoms with Gasteiger partial charge in [-0.1, -0.05) is 24.3 Å². The number of hydrogen-bond donors (Lipinski definition) is 1. The first kappa shape index (κ1) is 48.1. The number of amides is 1. The zero-order chi connectivity index (χ0) is 33.5. The first-order valence-corrected chi connectivity index (χ1v) is 16.2. The van der Waals surface area contributed by atoms with E-state index in [-0.39, 0.29) is 146 Å². The number of carboxylic acids is 1. The summed E-state index contributed by atoms with van der Waals surface area (Å²) in [6.45, 7) is 1.34. The molecule has 0 saturated heterocycles. The van der Waals surface area contributed by atoms with E-state index in [0.29, 0.717) is 11.1 Å². The van der Waals surface area contributed by atoms with Gasteiger partial charge in [-0.2, -0.15) is 20.3 Å². The number of anilines is 2. The second-order valence-electron chi connectivity index (χ2n) is 9.19. The van der Waals surface area contributed by atoms with Crippen molar-refractivity contribution < 1.29 is 172 Å². The maximum atomic E-state index is 13.1. The second-order valence-corrected chi connectivity index (χ2v) is 13.3. The number of nitrogen functional groups attached to an aromatic ring is 1. The van der Waals surface area contributed by atoms with Crippen molar-refractivity contribution in [2.24, 2.45) is 15.3 Å². The fourth-order valence-electron chi connectivity index (χ4n) is 4.01. The summed E-state index contributed by atoms with van der Waals surface area (Å²) in [6.07, 6.45) is 2.14. The quantitative estimate of drug-likeness (QED) is 0.0697. The number of nitrogens with zero attached hydrogens (tertiary/aromatic N) is 4. The predicted molar refractivity (Wildman–Crippen MR) is 150 cm³/mol. The number of rotatable bonds is 9. The summed E-state index contributed by atoms with van der Waals surface area (Å²) in [5.74, 6) is -2.79. The minimum atomic E-state index is -5.21. The number of carbonyl (C=O) groups excluding carboxylic acids is 2. The molecule has 0 aromatic heterocycles. The Morgan fingerprint density at radius 2 is 1.35 bits per heavy atom. The Bertz CT molecular complexity index is 2200. The minimum absolute atomic E-state index is 0. The smallest absolute Gasteiger partial charge is 0.744 e. The Balaban J connectivity index is 0.00000576. The summed E-state index contributed by atoms with van der Waals surface area (Å²) >= 11 is 0. The average Bonchev–Trinajstić information content (AvgIpc) is 3.22. The van der Waals surface area contributed by atoms with Crippen LogP contribution in [0.25, 0.3) is 12.2 Å². The van der Waals surface area contributed by atoms with Crippen molar-refractivity contribution >= 4 is 77.2 Å². The number of carbonyl (C=O) groups is 2. The third kappa shape index (κ3) is 11.8. The van der Waals surface area contributed by atoms with Crippen LogP contribution in [0.4, 0.5) is 17.1 Å². The largest absolute Gasteiger partial charge is 1.00 e. The molecule has 0 aliphatic carbocycles. The zero-order valence-electron chi connectivity index (χ0n) is 26.4. The fraction of sp³-hybridized carbons (Fsp3) is 0.0800. The van der Waals surface area contributed by atoms with Crippen molar-refractivity contribution in [3.8, 4) is 0 Å². The van der Waals surface area contributed by atoms with E-state index in [1.807, 2.05) is 0 Å². The van der Waals surface area contributed by atoms with Gasteiger partial charge in [-0.25, -0.2) is 25.3 Å². The van der Waals surface area contributed by atoms with Crippen molar-refractivity contribution in [2.45, 2.75) is 27.7 Å². The van der Waals surface area contributed by atoms with Gasteiger partial charge in [-0.15, -0.1) is 0 Å². The average molecular weight is 768 g/mol. The molecule has 3 aromatic rings. The van der Waals surface area contributed by atoms with E-state index in [1.54, 1.807) is 0 Å². The molecule has 0 saturated carbocycles. The molecule has 0 bridgehead atoms. The van der Waals surface area contributed by atoms with Crippen LogP contribution >= 0.6 is 0 Å². The van der Waals surface area contributed by atoms with Crippen molar-refractivity contribution in [3.05, 3.63) is 71.3 Å². The molecule has 1 aliphatic heterocycles. The molecule has 4 rings (SSSR count). The second kappa shape index (κ2) is 18.8. The van der Waals surface area contributed by atoms with E-state index in [2.05, 4.69) is 15.3 Å². The third-order valence-electron chi connectivity index (χ3n) is 6.11. The predicted octanol–water partition coefficient (Wildman–Crippen LogP) is -11.6. The maximum Gasteiger partial charge on any atom is 1.00 e. The summed E-state index contributed by atoms with van der Waals surface area (Å²) in [4.78, 5) is 22.2. The van der Waals surface area contributed by atoms with E-state index in [9.17, 15) is 53.6 Å². The van der Waals surface area contributed by atoms with Gasteiger partial charge in [0.05, 0.1) is 37.7 Å². The van der Waals surface area contributed by atoms with Crippen LogP contribution < -0.4 is 134 Å². The minimum Gasteiger partial charge on any atom is -0.744 e. The van der Waals surface area contributed by atoms with Gasteiger partial charge < -0.3 is 29.3 Å². The van der Waals surface area contributed by atoms with E-state index in [0.717, 1.165) is 42.5 Å². The van der Waals surface area contributed by atoms with Gasteiger partial charge in [0.15, 0.2) is 6.04 Å². The van der Waals surface area contributed by atoms with Crippen molar-refractivity contribution in [3.63, 3.8) is 0 Å². The van der Waals surface area contributed by atoms with E-state index >= 15 is 0 Å². The van der Waals surface area contributed by atoms with Gasteiger partial charge >= 0.3 is 118 Å². The first-order chi connectivity index (χ1) is 20.8. The Morgan fingerprint density at radius 1 is 0.816 bits per heavy atom. The topological polar surface area (TPSA) is 295 Å². The summed E-state index contributed by atoms with van der Waals surface area (Å²) in [5, 5.41) is 23.6. The van der Waals surface area contributed by atoms with Gasteiger partial charge in [0.1, 0.15) is 30.4 Å². The Labute approximate surface area is 368 Å². The molecule has 236 valence electrons. The van der Waals surface area contributed by atoms with Crippen molar-refractivity contribution in [2.75, 3.05) is 10.7 Å². The van der Waals surface area contributed by atoms with Gasteiger partial charge in [0, 0.05) is 11.3 Å². The standard InChI is InChI=1S/C25H21N5O12S3.4Na/c1-13-23(28-27-20-9-8-18(43(34,35)36)12-19(20)25(32)33)24(31)30(29-13)17-7-5-15(22(11-17)45(40,41)42)3-2-14-4-6-16(26)10-21(14)44(37,38)39;;;;/h2-12,23H,26H2,1H3,(H,32,33)(H,34,35,36)(H,37,38,39)(H,40,41,42);;;;/q;4*+1/p-4/b3-2+,28-27?;;;;. The Morgan fingerprint density at radius 3 is 1.86 bits per heavy atom. The summed E-state index contributed by atoms with van der Waals surface area (Å²) < 4.78 is 105. The Hall–Kier alpha value is -0.860. The molecule has 1 atom stereocenters. The molecule has 0 radical (unpaired) electrons. The van der Waals surface area contributed by atoms with E-state index in [4.69, 9.17) is 5.73 Å². The van der Waals surface area contributed by atoms with Crippen LogP contribution in [0.1, 0.15) is 28.4 Å². The Kier molecular flexibility index (Phi) is 18.4. The number of nitrogens with two attached hydrogens (primary N) is 1.